The molecule has 0 radical (unpaired) electrons. The Morgan fingerprint density at radius 1 is 1.14 bits per heavy atom. The van der Waals surface area contributed by atoms with Crippen LogP contribution in [0.4, 0.5) is 0 Å². The Morgan fingerprint density at radius 2 is 1.86 bits per heavy atom. The quantitative estimate of drug-likeness (QED) is 0.628. The van der Waals surface area contributed by atoms with Crippen LogP contribution < -0.4 is 0 Å². The number of aromatic nitrogens is 2. The number of hydrogen-bond donors (Lipinski definition) is 0. The maximum absolute atomic E-state index is 4.67. The topological polar surface area (TPSA) is 25.8 Å². The van der Waals surface area contributed by atoms with Crippen LogP contribution >= 0.6 is 0 Å². The molecule has 1 aliphatic rings. The molecule has 1 aliphatic carbocycles. The Labute approximate surface area is 85.8 Å². The fourth-order valence-corrected chi connectivity index (χ4v) is 1.84. The summed E-state index contributed by atoms with van der Waals surface area (Å²) < 4.78 is 0. The van der Waals surface area contributed by atoms with Gasteiger partial charge in [0.05, 0.1) is 0 Å². The molecule has 0 aromatic carbocycles. The highest BCUT2D eigenvalue weighted by molar-refractivity contribution is 5.21. The van der Waals surface area contributed by atoms with Crippen molar-refractivity contribution in [2.75, 3.05) is 0 Å². The zero-order chi connectivity index (χ0) is 10.2. The molecule has 0 fully saturated rings. The zero-order valence-electron chi connectivity index (χ0n) is 9.30. The van der Waals surface area contributed by atoms with Crippen LogP contribution in [0.2, 0.25) is 0 Å². The lowest BCUT2D eigenvalue weighted by Gasteiger charge is -2.20. The minimum Gasteiger partial charge on any atom is -0.241 e. The van der Waals surface area contributed by atoms with Crippen molar-refractivity contribution in [3.8, 4) is 0 Å². The van der Waals surface area contributed by atoms with E-state index in [2.05, 4.69) is 30.7 Å². The van der Waals surface area contributed by atoms with E-state index in [0.717, 1.165) is 12.2 Å². The van der Waals surface area contributed by atoms with Gasteiger partial charge in [0.2, 0.25) is 0 Å². The van der Waals surface area contributed by atoms with Crippen LogP contribution in [0.5, 0.6) is 0 Å². The Morgan fingerprint density at radius 3 is 2.57 bits per heavy atom. The Bertz CT molecular complexity index is 337. The van der Waals surface area contributed by atoms with Crippen molar-refractivity contribution in [2.24, 2.45) is 0 Å². The summed E-state index contributed by atoms with van der Waals surface area (Å²) in [6.07, 6.45) is 6.92. The van der Waals surface area contributed by atoms with E-state index in [0.29, 0.717) is 0 Å². The largest absolute Gasteiger partial charge is 0.241 e. The summed E-state index contributed by atoms with van der Waals surface area (Å²) in [5, 5.41) is 0. The van der Waals surface area contributed by atoms with Crippen LogP contribution in [-0.2, 0) is 18.3 Å². The molecule has 0 saturated carbocycles. The summed E-state index contributed by atoms with van der Waals surface area (Å²) in [6.45, 7) is 6.49. The fourth-order valence-electron chi connectivity index (χ4n) is 1.84. The van der Waals surface area contributed by atoms with E-state index in [1.165, 1.54) is 30.5 Å². The minimum absolute atomic E-state index is 0.0759. The van der Waals surface area contributed by atoms with E-state index in [-0.39, 0.29) is 5.41 Å². The average molecular weight is 190 g/mol. The van der Waals surface area contributed by atoms with Gasteiger partial charge < -0.3 is 0 Å². The van der Waals surface area contributed by atoms with Gasteiger partial charge in [-0.05, 0) is 31.2 Å². The predicted molar refractivity (Wildman–Crippen MR) is 57.4 cm³/mol. The van der Waals surface area contributed by atoms with Crippen molar-refractivity contribution in [2.45, 2.75) is 51.9 Å². The first-order valence-electron chi connectivity index (χ1n) is 5.42. The molecule has 0 atom stereocenters. The number of nitrogens with zero attached hydrogens (tertiary/aromatic N) is 2. The third kappa shape index (κ3) is 1.79. The first-order chi connectivity index (χ1) is 6.57. The maximum atomic E-state index is 4.67. The molecule has 2 rings (SSSR count). The number of hydrogen-bond acceptors (Lipinski definition) is 2. The summed E-state index contributed by atoms with van der Waals surface area (Å²) in [5.41, 5.74) is 2.73. The Balaban J connectivity index is 2.39. The standard InChI is InChI=1S/C12H18N2/c1-12(2,3)11-13-8-9-6-4-5-7-10(9)14-11/h8H,4-7H2,1-3H3. The van der Waals surface area contributed by atoms with Crippen LogP contribution in [0, 0.1) is 0 Å². The first kappa shape index (κ1) is 9.63. The van der Waals surface area contributed by atoms with Crippen molar-refractivity contribution in [1.82, 2.24) is 9.97 Å². The summed E-state index contributed by atoms with van der Waals surface area (Å²) in [6, 6.07) is 0. The molecule has 14 heavy (non-hydrogen) atoms. The molecule has 0 N–H and O–H groups in total. The minimum atomic E-state index is 0.0759. The molecule has 0 amide bonds. The average Bonchev–Trinajstić information content (AvgIpc) is 2.16. The highest BCUT2D eigenvalue weighted by Crippen LogP contribution is 2.23. The fraction of sp³-hybridized carbons (Fsp3) is 0.667. The molecule has 0 aliphatic heterocycles. The predicted octanol–water partition coefficient (Wildman–Crippen LogP) is 2.65. The van der Waals surface area contributed by atoms with Crippen LogP contribution in [0.3, 0.4) is 0 Å². The summed E-state index contributed by atoms with van der Waals surface area (Å²) in [5.74, 6) is 0.984. The van der Waals surface area contributed by atoms with E-state index in [1.54, 1.807) is 0 Å². The number of rotatable bonds is 0. The van der Waals surface area contributed by atoms with Gasteiger partial charge in [-0.3, -0.25) is 0 Å². The van der Waals surface area contributed by atoms with E-state index in [4.69, 9.17) is 0 Å². The Kier molecular flexibility index (Phi) is 2.30. The van der Waals surface area contributed by atoms with Crippen LogP contribution in [0.15, 0.2) is 6.20 Å². The van der Waals surface area contributed by atoms with E-state index < -0.39 is 0 Å². The molecular formula is C12H18N2. The monoisotopic (exact) mass is 190 g/mol. The highest BCUT2D eigenvalue weighted by atomic mass is 14.9. The molecule has 1 aromatic rings. The summed E-state index contributed by atoms with van der Waals surface area (Å²) >= 11 is 0. The summed E-state index contributed by atoms with van der Waals surface area (Å²) in [7, 11) is 0. The Hall–Kier alpha value is -0.920. The summed E-state index contributed by atoms with van der Waals surface area (Å²) in [4.78, 5) is 9.13. The van der Waals surface area contributed by atoms with Gasteiger partial charge in [-0.25, -0.2) is 9.97 Å². The molecule has 1 heterocycles. The lowest BCUT2D eigenvalue weighted by Crippen LogP contribution is -2.19. The van der Waals surface area contributed by atoms with Gasteiger partial charge in [0.1, 0.15) is 5.82 Å². The van der Waals surface area contributed by atoms with E-state index in [1.807, 2.05) is 6.20 Å². The number of aryl methyl sites for hydroxylation is 2. The SMILES string of the molecule is CC(C)(C)c1ncc2c(n1)CCCC2. The molecule has 0 saturated heterocycles. The van der Waals surface area contributed by atoms with Gasteiger partial charge in [0.15, 0.2) is 0 Å². The van der Waals surface area contributed by atoms with Gasteiger partial charge in [-0.15, -0.1) is 0 Å². The smallest absolute Gasteiger partial charge is 0.133 e. The van der Waals surface area contributed by atoms with Crippen LogP contribution in [0.1, 0.15) is 50.7 Å². The van der Waals surface area contributed by atoms with Crippen molar-refractivity contribution in [1.29, 1.82) is 0 Å². The van der Waals surface area contributed by atoms with Gasteiger partial charge in [0.25, 0.3) is 0 Å². The molecule has 1 aromatic heterocycles. The molecular weight excluding hydrogens is 172 g/mol. The van der Waals surface area contributed by atoms with Gasteiger partial charge in [-0.1, -0.05) is 20.8 Å². The van der Waals surface area contributed by atoms with Crippen molar-refractivity contribution >= 4 is 0 Å². The number of fused-ring (bicyclic) bond motifs is 1. The van der Waals surface area contributed by atoms with Crippen LogP contribution in [-0.4, -0.2) is 9.97 Å². The van der Waals surface area contributed by atoms with E-state index in [9.17, 15) is 0 Å². The lowest BCUT2D eigenvalue weighted by molar-refractivity contribution is 0.532. The zero-order valence-corrected chi connectivity index (χ0v) is 9.30. The first-order valence-corrected chi connectivity index (χ1v) is 5.42. The third-order valence-corrected chi connectivity index (χ3v) is 2.73. The van der Waals surface area contributed by atoms with Gasteiger partial charge >= 0.3 is 0 Å². The highest BCUT2D eigenvalue weighted by Gasteiger charge is 2.19. The van der Waals surface area contributed by atoms with Crippen molar-refractivity contribution in [3.63, 3.8) is 0 Å². The molecule has 2 heteroatoms. The van der Waals surface area contributed by atoms with Crippen molar-refractivity contribution in [3.05, 3.63) is 23.3 Å². The normalized spacial score (nSPS) is 16.5. The van der Waals surface area contributed by atoms with E-state index >= 15 is 0 Å². The third-order valence-electron chi connectivity index (χ3n) is 2.73. The second-order valence-corrected chi connectivity index (χ2v) is 5.12. The van der Waals surface area contributed by atoms with Gasteiger partial charge in [-0.2, -0.15) is 0 Å². The molecule has 0 bridgehead atoms. The second-order valence-electron chi connectivity index (χ2n) is 5.12. The van der Waals surface area contributed by atoms with Crippen LogP contribution in [0.25, 0.3) is 0 Å². The van der Waals surface area contributed by atoms with Gasteiger partial charge in [0, 0.05) is 17.3 Å². The maximum Gasteiger partial charge on any atom is 0.133 e. The molecule has 76 valence electrons. The second kappa shape index (κ2) is 3.34. The molecule has 2 nitrogen and oxygen atoms in total. The molecule has 0 unspecified atom stereocenters. The van der Waals surface area contributed by atoms with Crippen molar-refractivity contribution < 1.29 is 0 Å². The molecule has 0 spiro atoms. The lowest BCUT2D eigenvalue weighted by atomic mass is 9.93.